The second-order valence-corrected chi connectivity index (χ2v) is 5.94. The molecule has 0 aliphatic heterocycles. The van der Waals surface area contributed by atoms with Gasteiger partial charge in [0.2, 0.25) is 0 Å². The maximum atomic E-state index is 6.00. The van der Waals surface area contributed by atoms with Crippen molar-refractivity contribution in [1.29, 1.82) is 0 Å². The molecule has 0 saturated heterocycles. The van der Waals surface area contributed by atoms with E-state index in [-0.39, 0.29) is 0 Å². The van der Waals surface area contributed by atoms with Gasteiger partial charge >= 0.3 is 0 Å². The zero-order valence-electron chi connectivity index (χ0n) is 11.2. The molecule has 1 heterocycles. The molecule has 2 nitrogen and oxygen atoms in total. The smallest absolute Gasteiger partial charge is 0.0515 e. The molecule has 0 fully saturated rings. The van der Waals surface area contributed by atoms with Crippen molar-refractivity contribution in [3.63, 3.8) is 0 Å². The van der Waals surface area contributed by atoms with Crippen molar-refractivity contribution in [2.75, 3.05) is 11.5 Å². The van der Waals surface area contributed by atoms with Crippen molar-refractivity contribution >= 4 is 28.4 Å². The lowest BCUT2D eigenvalue weighted by atomic mass is 10.2. The van der Waals surface area contributed by atoms with Gasteiger partial charge in [-0.25, -0.2) is 0 Å². The third-order valence-corrected chi connectivity index (χ3v) is 3.81. The standard InChI is InChI=1S/C15H20N2S/c1-4-18-15-10-12(16)9-14-13(15)6-8-17(14)7-5-11(2)3/h5-6,8-10H,4,7,16H2,1-3H3. The van der Waals surface area contributed by atoms with Crippen molar-refractivity contribution < 1.29 is 0 Å². The van der Waals surface area contributed by atoms with E-state index in [0.717, 1.165) is 18.0 Å². The molecule has 1 aromatic heterocycles. The molecule has 0 aliphatic carbocycles. The predicted molar refractivity (Wildman–Crippen MR) is 82.2 cm³/mol. The van der Waals surface area contributed by atoms with Gasteiger partial charge in [0.05, 0.1) is 5.52 Å². The molecule has 96 valence electrons. The van der Waals surface area contributed by atoms with E-state index in [0.29, 0.717) is 0 Å². The predicted octanol–water partition coefficient (Wildman–Crippen LogP) is 4.30. The highest BCUT2D eigenvalue weighted by Crippen LogP contribution is 2.31. The van der Waals surface area contributed by atoms with Gasteiger partial charge in [0.1, 0.15) is 0 Å². The first-order valence-electron chi connectivity index (χ1n) is 6.26. The van der Waals surface area contributed by atoms with Crippen molar-refractivity contribution in [3.8, 4) is 0 Å². The Morgan fingerprint density at radius 3 is 2.83 bits per heavy atom. The minimum atomic E-state index is 0.843. The molecule has 2 N–H and O–H groups in total. The van der Waals surface area contributed by atoms with E-state index in [1.54, 1.807) is 0 Å². The summed E-state index contributed by atoms with van der Waals surface area (Å²) in [7, 11) is 0. The third kappa shape index (κ3) is 2.72. The Hall–Kier alpha value is -1.35. The van der Waals surface area contributed by atoms with Gasteiger partial charge in [0, 0.05) is 28.7 Å². The van der Waals surface area contributed by atoms with Gasteiger partial charge in [-0.3, -0.25) is 0 Å². The second-order valence-electron chi connectivity index (χ2n) is 4.63. The lowest BCUT2D eigenvalue weighted by Crippen LogP contribution is -1.95. The molecule has 3 heteroatoms. The summed E-state index contributed by atoms with van der Waals surface area (Å²) in [4.78, 5) is 1.28. The van der Waals surface area contributed by atoms with E-state index >= 15 is 0 Å². The minimum absolute atomic E-state index is 0.843. The van der Waals surface area contributed by atoms with E-state index in [9.17, 15) is 0 Å². The molecule has 0 saturated carbocycles. The number of anilines is 1. The van der Waals surface area contributed by atoms with E-state index in [2.05, 4.69) is 55.8 Å². The molecule has 2 rings (SSSR count). The number of nitrogen functional groups attached to an aromatic ring is 1. The molecule has 0 radical (unpaired) electrons. The van der Waals surface area contributed by atoms with Gasteiger partial charge in [0.25, 0.3) is 0 Å². The summed E-state index contributed by atoms with van der Waals surface area (Å²) in [5.74, 6) is 1.07. The van der Waals surface area contributed by atoms with Crippen LogP contribution in [0.15, 0.2) is 40.9 Å². The van der Waals surface area contributed by atoms with Gasteiger partial charge in [-0.1, -0.05) is 18.6 Å². The highest BCUT2D eigenvalue weighted by molar-refractivity contribution is 7.99. The Morgan fingerprint density at radius 1 is 1.39 bits per heavy atom. The monoisotopic (exact) mass is 260 g/mol. The summed E-state index contributed by atoms with van der Waals surface area (Å²) in [6.45, 7) is 7.32. The Bertz CT molecular complexity index is 577. The largest absolute Gasteiger partial charge is 0.399 e. The molecule has 0 unspecified atom stereocenters. The third-order valence-electron chi connectivity index (χ3n) is 2.87. The first kappa shape index (κ1) is 13.1. The van der Waals surface area contributed by atoms with Gasteiger partial charge in [-0.15, -0.1) is 11.8 Å². The Kier molecular flexibility index (Phi) is 4.02. The Morgan fingerprint density at radius 2 is 2.17 bits per heavy atom. The van der Waals surface area contributed by atoms with Crippen LogP contribution in [-0.2, 0) is 6.54 Å². The SMILES string of the molecule is CCSc1cc(N)cc2c1ccn2CC=C(C)C. The number of benzene rings is 1. The Labute approximate surface area is 113 Å². The zero-order chi connectivity index (χ0) is 13.1. The van der Waals surface area contributed by atoms with Crippen LogP contribution in [0.2, 0.25) is 0 Å². The topological polar surface area (TPSA) is 30.9 Å². The molecular formula is C15H20N2S. The molecule has 1 aromatic carbocycles. The van der Waals surface area contributed by atoms with Crippen LogP contribution in [-0.4, -0.2) is 10.3 Å². The van der Waals surface area contributed by atoms with Crippen LogP contribution < -0.4 is 5.73 Å². The number of aromatic nitrogens is 1. The van der Waals surface area contributed by atoms with E-state index in [1.165, 1.54) is 21.4 Å². The number of fused-ring (bicyclic) bond motifs is 1. The first-order chi connectivity index (χ1) is 8.61. The maximum absolute atomic E-state index is 6.00. The summed E-state index contributed by atoms with van der Waals surface area (Å²) < 4.78 is 2.25. The average Bonchev–Trinajstić information content (AvgIpc) is 2.70. The molecule has 0 aliphatic rings. The van der Waals surface area contributed by atoms with Crippen LogP contribution in [0.25, 0.3) is 10.9 Å². The quantitative estimate of drug-likeness (QED) is 0.505. The summed E-state index contributed by atoms with van der Waals surface area (Å²) in [6, 6.07) is 6.32. The number of hydrogen-bond donors (Lipinski definition) is 1. The fourth-order valence-electron chi connectivity index (χ4n) is 2.00. The Balaban J connectivity index is 2.48. The summed E-state index contributed by atoms with van der Waals surface area (Å²) in [6.07, 6.45) is 4.37. The van der Waals surface area contributed by atoms with Crippen LogP contribution >= 0.6 is 11.8 Å². The maximum Gasteiger partial charge on any atom is 0.0515 e. The normalized spacial score (nSPS) is 10.8. The molecule has 0 atom stereocenters. The lowest BCUT2D eigenvalue weighted by molar-refractivity contribution is 0.856. The number of nitrogens with two attached hydrogens (primary N) is 1. The fraction of sp³-hybridized carbons (Fsp3) is 0.333. The number of rotatable bonds is 4. The van der Waals surface area contributed by atoms with Crippen molar-refractivity contribution in [1.82, 2.24) is 4.57 Å². The number of hydrogen-bond acceptors (Lipinski definition) is 2. The van der Waals surface area contributed by atoms with Crippen molar-refractivity contribution in [2.45, 2.75) is 32.2 Å². The molecule has 18 heavy (non-hydrogen) atoms. The van der Waals surface area contributed by atoms with Gasteiger partial charge < -0.3 is 10.3 Å². The van der Waals surface area contributed by atoms with Gasteiger partial charge in [-0.2, -0.15) is 0 Å². The van der Waals surface area contributed by atoms with E-state index in [1.807, 2.05) is 11.8 Å². The molecular weight excluding hydrogens is 240 g/mol. The van der Waals surface area contributed by atoms with Crippen LogP contribution in [0.1, 0.15) is 20.8 Å². The number of allylic oxidation sites excluding steroid dienone is 2. The highest BCUT2D eigenvalue weighted by atomic mass is 32.2. The van der Waals surface area contributed by atoms with Gasteiger partial charge in [0.15, 0.2) is 0 Å². The lowest BCUT2D eigenvalue weighted by Gasteiger charge is -2.07. The van der Waals surface area contributed by atoms with E-state index in [4.69, 9.17) is 5.73 Å². The molecule has 0 amide bonds. The first-order valence-corrected chi connectivity index (χ1v) is 7.25. The van der Waals surface area contributed by atoms with Crippen LogP contribution in [0.3, 0.4) is 0 Å². The summed E-state index contributed by atoms with van der Waals surface area (Å²) in [5, 5.41) is 1.30. The minimum Gasteiger partial charge on any atom is -0.399 e. The van der Waals surface area contributed by atoms with Crippen molar-refractivity contribution in [2.24, 2.45) is 0 Å². The van der Waals surface area contributed by atoms with Crippen LogP contribution in [0.5, 0.6) is 0 Å². The fourth-order valence-corrected chi connectivity index (χ4v) is 2.86. The number of thioether (sulfide) groups is 1. The van der Waals surface area contributed by atoms with E-state index < -0.39 is 0 Å². The van der Waals surface area contributed by atoms with Gasteiger partial charge in [-0.05, 0) is 37.8 Å². The second kappa shape index (κ2) is 5.53. The average molecular weight is 260 g/mol. The summed E-state index contributed by atoms with van der Waals surface area (Å²) in [5.41, 5.74) is 9.40. The molecule has 0 bridgehead atoms. The molecule has 2 aromatic rings. The summed E-state index contributed by atoms with van der Waals surface area (Å²) >= 11 is 1.85. The van der Waals surface area contributed by atoms with Crippen LogP contribution in [0, 0.1) is 0 Å². The zero-order valence-corrected chi connectivity index (χ0v) is 12.1. The number of nitrogens with zero attached hydrogens (tertiary/aromatic N) is 1. The van der Waals surface area contributed by atoms with Crippen molar-refractivity contribution in [3.05, 3.63) is 36.0 Å². The highest BCUT2D eigenvalue weighted by Gasteiger charge is 2.06. The molecule has 0 spiro atoms. The van der Waals surface area contributed by atoms with Crippen LogP contribution in [0.4, 0.5) is 5.69 Å².